The Labute approximate surface area is 336 Å². The highest BCUT2D eigenvalue weighted by Crippen LogP contribution is 2.35. The smallest absolute Gasteiger partial charge is 0.00612 e. The van der Waals surface area contributed by atoms with Crippen molar-refractivity contribution in [1.82, 2.24) is 0 Å². The van der Waals surface area contributed by atoms with E-state index in [9.17, 15) is 0 Å². The molecule has 0 radical (unpaired) electrons. The fourth-order valence-corrected chi connectivity index (χ4v) is 8.28. The molecule has 0 aromatic heterocycles. The minimum atomic E-state index is 0.472. The molecule has 7 rings (SSSR count). The van der Waals surface area contributed by atoms with Crippen LogP contribution in [0.3, 0.4) is 0 Å². The average molecular weight is 731 g/mol. The zero-order chi connectivity index (χ0) is 40.4. The number of hydrogen-bond acceptors (Lipinski definition) is 0. The summed E-state index contributed by atoms with van der Waals surface area (Å²) in [5, 5.41) is 2.72. The summed E-state index contributed by atoms with van der Waals surface area (Å²) in [6.45, 7) is 31.0. The molecule has 0 N–H and O–H groups in total. The lowest BCUT2D eigenvalue weighted by Gasteiger charge is -2.13. The van der Waals surface area contributed by atoms with Crippen LogP contribution in [-0.4, -0.2) is 0 Å². The minimum absolute atomic E-state index is 0.472. The third kappa shape index (κ3) is 13.4. The van der Waals surface area contributed by atoms with Crippen molar-refractivity contribution in [2.45, 2.75) is 122 Å². The molecule has 2 atom stereocenters. The van der Waals surface area contributed by atoms with Crippen molar-refractivity contribution in [3.8, 4) is 0 Å². The third-order valence-corrected chi connectivity index (χ3v) is 11.6. The third-order valence-electron chi connectivity index (χ3n) is 11.6. The van der Waals surface area contributed by atoms with E-state index in [1.165, 1.54) is 102 Å². The van der Waals surface area contributed by atoms with Crippen LogP contribution in [0.2, 0.25) is 0 Å². The van der Waals surface area contributed by atoms with Gasteiger partial charge in [-0.1, -0.05) is 170 Å². The van der Waals surface area contributed by atoms with E-state index >= 15 is 0 Å². The summed E-state index contributed by atoms with van der Waals surface area (Å²) in [6, 6.07) is 40.2. The Hall–Kier alpha value is -4.42. The molecule has 55 heavy (non-hydrogen) atoms. The monoisotopic (exact) mass is 731 g/mol. The van der Waals surface area contributed by atoms with Crippen molar-refractivity contribution in [2.75, 3.05) is 0 Å². The van der Waals surface area contributed by atoms with Crippen molar-refractivity contribution >= 4 is 10.8 Å². The van der Waals surface area contributed by atoms with Gasteiger partial charge in [0.05, 0.1) is 0 Å². The number of hydrogen-bond donors (Lipinski definition) is 0. The van der Waals surface area contributed by atoms with Crippen molar-refractivity contribution in [1.29, 1.82) is 0 Å². The van der Waals surface area contributed by atoms with Gasteiger partial charge in [-0.15, -0.1) is 0 Å². The van der Waals surface area contributed by atoms with Gasteiger partial charge >= 0.3 is 0 Å². The largest absolute Gasteiger partial charge is 0.0625 e. The molecule has 0 saturated heterocycles. The number of aryl methyl sites for hydroxylation is 10. The van der Waals surface area contributed by atoms with E-state index in [2.05, 4.69) is 206 Å². The first-order chi connectivity index (χ1) is 26.0. The van der Waals surface area contributed by atoms with Gasteiger partial charge in [0.15, 0.2) is 0 Å². The maximum Gasteiger partial charge on any atom is 0.00612 e. The second-order valence-corrected chi connectivity index (χ2v) is 17.5. The molecule has 2 unspecified atom stereocenters. The molecule has 0 heterocycles. The lowest BCUT2D eigenvalue weighted by Crippen LogP contribution is -1.96. The Kier molecular flexibility index (Phi) is 15.7. The Morgan fingerprint density at radius 1 is 0.418 bits per heavy atom. The summed E-state index contributed by atoms with van der Waals surface area (Å²) >= 11 is 0. The first-order valence-corrected chi connectivity index (χ1v) is 20.7. The van der Waals surface area contributed by atoms with Gasteiger partial charge in [0, 0.05) is 5.92 Å². The molecule has 0 aliphatic heterocycles. The second-order valence-electron chi connectivity index (χ2n) is 17.5. The van der Waals surface area contributed by atoms with E-state index in [-0.39, 0.29) is 0 Å². The van der Waals surface area contributed by atoms with Crippen LogP contribution in [0.1, 0.15) is 124 Å². The van der Waals surface area contributed by atoms with Crippen molar-refractivity contribution in [2.24, 2.45) is 17.8 Å². The van der Waals surface area contributed by atoms with Crippen LogP contribution < -0.4 is 0 Å². The summed E-state index contributed by atoms with van der Waals surface area (Å²) in [5.41, 5.74) is 19.2. The zero-order valence-electron chi connectivity index (χ0n) is 36.8. The molecule has 6 aromatic carbocycles. The highest BCUT2D eigenvalue weighted by Gasteiger charge is 2.24. The number of fused-ring (bicyclic) bond motifs is 1. The van der Waals surface area contributed by atoms with Crippen LogP contribution in [0, 0.1) is 87.0 Å². The van der Waals surface area contributed by atoms with E-state index in [1.807, 2.05) is 0 Å². The molecule has 0 amide bonds. The molecule has 0 nitrogen and oxygen atoms in total. The van der Waals surface area contributed by atoms with Crippen LogP contribution in [0.5, 0.6) is 0 Å². The Morgan fingerprint density at radius 2 is 0.745 bits per heavy atom. The van der Waals surface area contributed by atoms with Gasteiger partial charge in [0.25, 0.3) is 0 Å². The van der Waals surface area contributed by atoms with Crippen molar-refractivity contribution in [3.63, 3.8) is 0 Å². The molecule has 1 saturated carbocycles. The maximum atomic E-state index is 2.37. The summed E-state index contributed by atoms with van der Waals surface area (Å²) in [4.78, 5) is 0. The summed E-state index contributed by atoms with van der Waals surface area (Å²) in [5.74, 6) is 3.45. The van der Waals surface area contributed by atoms with Gasteiger partial charge in [-0.2, -0.15) is 0 Å². The highest BCUT2D eigenvalue weighted by atomic mass is 14.3. The average Bonchev–Trinajstić information content (AvgIpc) is 3.39. The van der Waals surface area contributed by atoms with Gasteiger partial charge in [-0.05, 0) is 162 Å². The number of rotatable bonds is 4. The van der Waals surface area contributed by atoms with E-state index < -0.39 is 0 Å². The zero-order valence-corrected chi connectivity index (χ0v) is 36.8. The summed E-state index contributed by atoms with van der Waals surface area (Å²) < 4.78 is 0. The molecular weight excluding hydrogens is 661 g/mol. The van der Waals surface area contributed by atoms with Crippen molar-refractivity contribution in [3.05, 3.63) is 187 Å². The number of benzene rings is 6. The van der Waals surface area contributed by atoms with Gasteiger partial charge in [-0.3, -0.25) is 0 Å². The molecule has 290 valence electrons. The van der Waals surface area contributed by atoms with Crippen molar-refractivity contribution < 1.29 is 0 Å². The highest BCUT2D eigenvalue weighted by molar-refractivity contribution is 5.85. The molecule has 1 aliphatic rings. The van der Waals surface area contributed by atoms with Gasteiger partial charge in [-0.25, -0.2) is 0 Å². The normalized spacial score (nSPS) is 16.1. The van der Waals surface area contributed by atoms with Gasteiger partial charge in [0.1, 0.15) is 0 Å². The summed E-state index contributed by atoms with van der Waals surface area (Å²) in [6.07, 6.45) is 3.95. The SMILES string of the molecule is CC1CC(C)C(C)C1.Cc1cc(C)cc(Cc2cc(C)cc(C)c2)c1.Cc1cc2cc(C)c(C)cc2cc1C.Cc1cccc(C(C)c2cccc(C)c2)c1. The van der Waals surface area contributed by atoms with Crippen LogP contribution in [0.4, 0.5) is 0 Å². The standard InChI is InChI=1S/C17H20.C16H18.C14H16.C8H16/c1-12-5-13(2)8-16(7-12)11-17-9-14(3)6-15(4)10-17;1-12-6-4-8-15(10-12)14(3)16-9-5-7-13(2)11-16;1-9-5-13-7-11(3)12(4)8-14(13)6-10(9)2;1-6-4-7(2)8(3)5-6/h5-10H,11H2,1-4H3;4-11,14H,1-3H3;5-8H,1-4H3;6-8H,4-5H2,1-3H3. The quantitative estimate of drug-likeness (QED) is 0.169. The second kappa shape index (κ2) is 20.0. The van der Waals surface area contributed by atoms with E-state index in [1.54, 1.807) is 0 Å². The lowest BCUT2D eigenvalue weighted by molar-refractivity contribution is 0.457. The van der Waals surface area contributed by atoms with Gasteiger partial charge in [0.2, 0.25) is 0 Å². The van der Waals surface area contributed by atoms with Crippen LogP contribution in [0.15, 0.2) is 109 Å². The molecular formula is C55H70. The molecule has 0 heteroatoms. The minimum Gasteiger partial charge on any atom is -0.0625 e. The molecule has 1 aliphatic carbocycles. The Morgan fingerprint density at radius 3 is 1.02 bits per heavy atom. The molecule has 6 aromatic rings. The first kappa shape index (κ1) is 43.3. The Balaban J connectivity index is 0.000000168. The topological polar surface area (TPSA) is 0 Å². The fraction of sp³-hybridized carbons (Fsp3) is 0.382. The molecule has 0 bridgehead atoms. The first-order valence-electron chi connectivity index (χ1n) is 20.7. The maximum absolute atomic E-state index is 2.37. The molecule has 1 fully saturated rings. The van der Waals surface area contributed by atoms with E-state index in [0.717, 1.165) is 24.2 Å². The fourth-order valence-electron chi connectivity index (χ4n) is 8.28. The van der Waals surface area contributed by atoms with Crippen LogP contribution in [0.25, 0.3) is 10.8 Å². The predicted molar refractivity (Wildman–Crippen MR) is 244 cm³/mol. The van der Waals surface area contributed by atoms with E-state index in [4.69, 9.17) is 0 Å². The Bertz CT molecular complexity index is 1930. The predicted octanol–water partition coefficient (Wildman–Crippen LogP) is 15.7. The van der Waals surface area contributed by atoms with Gasteiger partial charge < -0.3 is 0 Å². The molecule has 0 spiro atoms. The lowest BCUT2D eigenvalue weighted by atomic mass is 9.91. The van der Waals surface area contributed by atoms with E-state index in [0.29, 0.717) is 5.92 Å². The van der Waals surface area contributed by atoms with Crippen LogP contribution >= 0.6 is 0 Å². The van der Waals surface area contributed by atoms with Crippen LogP contribution in [-0.2, 0) is 6.42 Å². The summed E-state index contributed by atoms with van der Waals surface area (Å²) in [7, 11) is 0.